The number of halogens is 1. The summed E-state index contributed by atoms with van der Waals surface area (Å²) in [4.78, 5) is 14.8. The van der Waals surface area contributed by atoms with Crippen LogP contribution in [0.1, 0.15) is 42.5 Å². The van der Waals surface area contributed by atoms with E-state index >= 15 is 0 Å². The summed E-state index contributed by atoms with van der Waals surface area (Å²) in [5.74, 6) is -0.215. The first-order valence-electron chi connectivity index (χ1n) is 9.65. The quantitative estimate of drug-likeness (QED) is 0.538. The van der Waals surface area contributed by atoms with Gasteiger partial charge in [0.25, 0.3) is 5.91 Å². The Bertz CT molecular complexity index is 1050. The molecule has 0 saturated carbocycles. The fourth-order valence-corrected chi connectivity index (χ4v) is 3.89. The molecule has 29 heavy (non-hydrogen) atoms. The van der Waals surface area contributed by atoms with Crippen LogP contribution in [0.2, 0.25) is 5.02 Å². The molecule has 0 fully saturated rings. The topological polar surface area (TPSA) is 40.5 Å². The molecule has 1 aliphatic heterocycles. The van der Waals surface area contributed by atoms with E-state index in [2.05, 4.69) is 26.0 Å². The van der Waals surface area contributed by atoms with Crippen molar-refractivity contribution >= 4 is 28.8 Å². The summed E-state index contributed by atoms with van der Waals surface area (Å²) < 4.78 is 0. The van der Waals surface area contributed by atoms with Crippen LogP contribution < -0.4 is 4.90 Å². The summed E-state index contributed by atoms with van der Waals surface area (Å²) in [6.45, 7) is 4.30. The summed E-state index contributed by atoms with van der Waals surface area (Å²) >= 11 is 6.05. The Kier molecular flexibility index (Phi) is 5.16. The Morgan fingerprint density at radius 3 is 2.10 bits per heavy atom. The molecule has 3 aromatic carbocycles. The summed E-state index contributed by atoms with van der Waals surface area (Å²) in [6.07, 6.45) is 0. The molecule has 0 aliphatic carbocycles. The fourth-order valence-electron chi connectivity index (χ4n) is 3.76. The standard InChI is InChI=1S/C25H22ClNO2/c1-16(2)17-8-10-19(11-9-17)23-22(18-6-4-3-5-7-18)24(28)25(29)27(23)21-14-12-20(26)13-15-21/h3-16,23,28H,1-2H3. The highest BCUT2D eigenvalue weighted by atomic mass is 35.5. The van der Waals surface area contributed by atoms with Crippen LogP contribution in [0.4, 0.5) is 5.69 Å². The van der Waals surface area contributed by atoms with Crippen LogP contribution in [0.3, 0.4) is 0 Å². The first-order chi connectivity index (χ1) is 14.0. The number of hydrogen-bond acceptors (Lipinski definition) is 2. The molecule has 4 rings (SSSR count). The lowest BCUT2D eigenvalue weighted by Gasteiger charge is -2.28. The Morgan fingerprint density at radius 2 is 1.52 bits per heavy atom. The van der Waals surface area contributed by atoms with Gasteiger partial charge in [-0.25, -0.2) is 0 Å². The van der Waals surface area contributed by atoms with E-state index in [9.17, 15) is 9.90 Å². The van der Waals surface area contributed by atoms with Crippen molar-refractivity contribution in [2.45, 2.75) is 25.8 Å². The second kappa shape index (κ2) is 7.76. The van der Waals surface area contributed by atoms with Gasteiger partial charge in [-0.05, 0) is 46.9 Å². The average Bonchev–Trinajstić information content (AvgIpc) is 3.00. The van der Waals surface area contributed by atoms with Gasteiger partial charge in [0.1, 0.15) is 0 Å². The Labute approximate surface area is 175 Å². The van der Waals surface area contributed by atoms with Gasteiger partial charge in [0, 0.05) is 16.3 Å². The van der Waals surface area contributed by atoms with Crippen LogP contribution >= 0.6 is 11.6 Å². The van der Waals surface area contributed by atoms with E-state index in [0.717, 1.165) is 11.1 Å². The number of carbonyl (C=O) groups is 1. The Morgan fingerprint density at radius 1 is 0.897 bits per heavy atom. The van der Waals surface area contributed by atoms with E-state index in [4.69, 9.17) is 11.6 Å². The molecule has 1 aliphatic rings. The van der Waals surface area contributed by atoms with Crippen molar-refractivity contribution in [1.29, 1.82) is 0 Å². The molecule has 0 radical (unpaired) electrons. The Hall–Kier alpha value is -3.04. The summed E-state index contributed by atoms with van der Waals surface area (Å²) in [6, 6.07) is 24.5. The fraction of sp³-hybridized carbons (Fsp3) is 0.160. The largest absolute Gasteiger partial charge is 0.503 e. The van der Waals surface area contributed by atoms with Gasteiger partial charge in [-0.15, -0.1) is 0 Å². The first-order valence-corrected chi connectivity index (χ1v) is 10.0. The number of aliphatic hydroxyl groups is 1. The van der Waals surface area contributed by atoms with E-state index < -0.39 is 11.9 Å². The SMILES string of the molecule is CC(C)c1ccc(C2C(c3ccccc3)=C(O)C(=O)N2c2ccc(Cl)cc2)cc1. The lowest BCUT2D eigenvalue weighted by molar-refractivity contribution is -0.117. The molecule has 0 aromatic heterocycles. The van der Waals surface area contributed by atoms with E-state index in [-0.39, 0.29) is 5.76 Å². The summed E-state index contributed by atoms with van der Waals surface area (Å²) in [7, 11) is 0. The normalized spacial score (nSPS) is 16.8. The molecular weight excluding hydrogens is 382 g/mol. The van der Waals surface area contributed by atoms with Crippen LogP contribution in [0.25, 0.3) is 5.57 Å². The molecule has 0 bridgehead atoms. The third kappa shape index (κ3) is 3.54. The van der Waals surface area contributed by atoms with Gasteiger partial charge in [0.15, 0.2) is 5.76 Å². The van der Waals surface area contributed by atoms with Gasteiger partial charge in [0.05, 0.1) is 6.04 Å². The predicted octanol–water partition coefficient (Wildman–Crippen LogP) is 6.52. The molecule has 0 spiro atoms. The predicted molar refractivity (Wildman–Crippen MR) is 118 cm³/mol. The zero-order chi connectivity index (χ0) is 20.5. The number of benzene rings is 3. The van der Waals surface area contributed by atoms with E-state index in [1.807, 2.05) is 42.5 Å². The van der Waals surface area contributed by atoms with Gasteiger partial charge in [-0.1, -0.05) is 80.0 Å². The van der Waals surface area contributed by atoms with E-state index in [1.165, 1.54) is 5.56 Å². The maximum absolute atomic E-state index is 13.1. The van der Waals surface area contributed by atoms with E-state index in [0.29, 0.717) is 22.2 Å². The first kappa shape index (κ1) is 19.3. The lowest BCUT2D eigenvalue weighted by atomic mass is 9.91. The minimum Gasteiger partial charge on any atom is -0.503 e. The zero-order valence-electron chi connectivity index (χ0n) is 16.3. The molecule has 1 heterocycles. The molecule has 0 saturated heterocycles. The highest BCUT2D eigenvalue weighted by Gasteiger charge is 2.41. The maximum atomic E-state index is 13.1. The third-order valence-corrected chi connectivity index (χ3v) is 5.57. The smallest absolute Gasteiger partial charge is 0.294 e. The molecule has 146 valence electrons. The average molecular weight is 404 g/mol. The molecule has 4 heteroatoms. The molecule has 3 aromatic rings. The monoisotopic (exact) mass is 403 g/mol. The van der Waals surface area contributed by atoms with Crippen molar-refractivity contribution in [3.05, 3.63) is 106 Å². The second-order valence-electron chi connectivity index (χ2n) is 7.50. The van der Waals surface area contributed by atoms with Crippen LogP contribution in [-0.4, -0.2) is 11.0 Å². The molecule has 1 unspecified atom stereocenters. The van der Waals surface area contributed by atoms with Crippen LogP contribution in [0, 0.1) is 0 Å². The number of aliphatic hydroxyl groups excluding tert-OH is 1. The number of hydrogen-bond donors (Lipinski definition) is 1. The van der Waals surface area contributed by atoms with Crippen LogP contribution in [-0.2, 0) is 4.79 Å². The number of anilines is 1. The minimum atomic E-state index is -0.424. The van der Waals surface area contributed by atoms with E-state index in [1.54, 1.807) is 29.2 Å². The molecule has 1 atom stereocenters. The van der Waals surface area contributed by atoms with Gasteiger partial charge in [0.2, 0.25) is 0 Å². The summed E-state index contributed by atoms with van der Waals surface area (Å²) in [5.41, 5.74) is 4.30. The molecule has 1 N–H and O–H groups in total. The second-order valence-corrected chi connectivity index (χ2v) is 7.94. The van der Waals surface area contributed by atoms with Crippen LogP contribution in [0.15, 0.2) is 84.6 Å². The molecule has 1 amide bonds. The van der Waals surface area contributed by atoms with Crippen molar-refractivity contribution in [1.82, 2.24) is 0 Å². The van der Waals surface area contributed by atoms with Crippen molar-refractivity contribution in [2.24, 2.45) is 0 Å². The lowest BCUT2D eigenvalue weighted by Crippen LogP contribution is -2.30. The van der Waals surface area contributed by atoms with Crippen molar-refractivity contribution < 1.29 is 9.90 Å². The maximum Gasteiger partial charge on any atom is 0.294 e. The molecular formula is C25H22ClNO2. The van der Waals surface area contributed by atoms with Crippen molar-refractivity contribution in [2.75, 3.05) is 4.90 Å². The number of amides is 1. The molecule has 3 nitrogen and oxygen atoms in total. The number of nitrogens with zero attached hydrogens (tertiary/aromatic N) is 1. The summed E-state index contributed by atoms with van der Waals surface area (Å²) in [5, 5.41) is 11.4. The van der Waals surface area contributed by atoms with Gasteiger partial charge in [-0.3, -0.25) is 9.69 Å². The van der Waals surface area contributed by atoms with Crippen molar-refractivity contribution in [3.63, 3.8) is 0 Å². The Balaban J connectivity index is 1.87. The van der Waals surface area contributed by atoms with Gasteiger partial charge < -0.3 is 5.11 Å². The van der Waals surface area contributed by atoms with Gasteiger partial charge >= 0.3 is 0 Å². The zero-order valence-corrected chi connectivity index (χ0v) is 17.1. The van der Waals surface area contributed by atoms with Crippen LogP contribution in [0.5, 0.6) is 0 Å². The van der Waals surface area contributed by atoms with Crippen molar-refractivity contribution in [3.8, 4) is 0 Å². The third-order valence-electron chi connectivity index (χ3n) is 5.32. The highest BCUT2D eigenvalue weighted by molar-refractivity contribution is 6.30. The van der Waals surface area contributed by atoms with Gasteiger partial charge in [-0.2, -0.15) is 0 Å². The minimum absolute atomic E-state index is 0.218. The highest BCUT2D eigenvalue weighted by Crippen LogP contribution is 2.45. The number of carbonyl (C=O) groups excluding carboxylic acids is 1. The number of rotatable bonds is 4.